The van der Waals surface area contributed by atoms with E-state index in [2.05, 4.69) is 16.8 Å². The molecule has 0 bridgehead atoms. The van der Waals surface area contributed by atoms with Gasteiger partial charge < -0.3 is 10.0 Å². The maximum atomic E-state index is 9.48. The van der Waals surface area contributed by atoms with Gasteiger partial charge in [-0.15, -0.1) is 11.3 Å². The topological polar surface area (TPSA) is 36.4 Å². The highest BCUT2D eigenvalue weighted by Crippen LogP contribution is 2.30. The molecule has 0 saturated carbocycles. The first-order valence-electron chi connectivity index (χ1n) is 6.12. The maximum absolute atomic E-state index is 9.48. The number of piperidine rings is 1. The Morgan fingerprint density at radius 2 is 2.44 bits per heavy atom. The van der Waals surface area contributed by atoms with Gasteiger partial charge in [-0.3, -0.25) is 0 Å². The summed E-state index contributed by atoms with van der Waals surface area (Å²) in [5.74, 6) is 0. The Morgan fingerprint density at radius 3 is 3.06 bits per heavy atom. The molecule has 1 aliphatic heterocycles. The Kier molecular flexibility index (Phi) is 3.82. The third-order valence-corrected chi connectivity index (χ3v) is 4.18. The van der Waals surface area contributed by atoms with Crippen LogP contribution in [0.25, 0.3) is 0 Å². The number of hydrogen-bond donors (Lipinski definition) is 1. The summed E-state index contributed by atoms with van der Waals surface area (Å²) in [7, 11) is 0. The van der Waals surface area contributed by atoms with E-state index in [-0.39, 0.29) is 0 Å². The van der Waals surface area contributed by atoms with Crippen molar-refractivity contribution in [1.29, 1.82) is 0 Å². The van der Waals surface area contributed by atoms with Crippen LogP contribution in [0.15, 0.2) is 5.38 Å². The molecule has 4 heteroatoms. The van der Waals surface area contributed by atoms with Crippen LogP contribution < -0.4 is 4.90 Å². The molecule has 1 aliphatic rings. The lowest BCUT2D eigenvalue weighted by atomic mass is 10.0. The van der Waals surface area contributed by atoms with Crippen molar-refractivity contribution in [2.24, 2.45) is 0 Å². The second-order valence-electron chi connectivity index (χ2n) is 4.48. The zero-order valence-corrected chi connectivity index (χ0v) is 10.8. The van der Waals surface area contributed by atoms with Crippen molar-refractivity contribution in [1.82, 2.24) is 4.98 Å². The van der Waals surface area contributed by atoms with E-state index in [0.29, 0.717) is 6.04 Å². The molecule has 1 aromatic rings. The molecule has 1 fully saturated rings. The zero-order chi connectivity index (χ0) is 11.5. The number of rotatable bonds is 3. The monoisotopic (exact) mass is 240 g/mol. The minimum absolute atomic E-state index is 0.449. The van der Waals surface area contributed by atoms with Crippen LogP contribution in [0.1, 0.15) is 51.3 Å². The first-order chi connectivity index (χ1) is 7.72. The van der Waals surface area contributed by atoms with Gasteiger partial charge in [0.25, 0.3) is 0 Å². The molecule has 1 aromatic heterocycles. The molecule has 2 atom stereocenters. The van der Waals surface area contributed by atoms with E-state index in [0.717, 1.165) is 17.4 Å². The Bertz CT molecular complexity index is 338. The summed E-state index contributed by atoms with van der Waals surface area (Å²) < 4.78 is 0. The summed E-state index contributed by atoms with van der Waals surface area (Å²) in [4.78, 5) is 6.94. The predicted molar refractivity (Wildman–Crippen MR) is 68.0 cm³/mol. The van der Waals surface area contributed by atoms with Gasteiger partial charge in [0.2, 0.25) is 0 Å². The van der Waals surface area contributed by atoms with Crippen molar-refractivity contribution in [2.45, 2.75) is 51.7 Å². The molecular weight excluding hydrogens is 220 g/mol. The summed E-state index contributed by atoms with van der Waals surface area (Å²) in [6, 6.07) is 0.641. The van der Waals surface area contributed by atoms with Crippen LogP contribution in [0.3, 0.4) is 0 Å². The molecule has 0 aliphatic carbocycles. The first kappa shape index (κ1) is 11.9. The summed E-state index contributed by atoms with van der Waals surface area (Å²) >= 11 is 1.66. The van der Waals surface area contributed by atoms with Gasteiger partial charge in [-0.05, 0) is 32.6 Å². The molecular formula is C12H20N2OS. The standard InChI is InChI=1S/C12H20N2OS/c1-3-10-6-4-5-7-14(10)12-13-11(8-16-12)9(2)15/h8-10,15H,3-7H2,1-2H3. The molecule has 0 radical (unpaired) electrons. The average Bonchev–Trinajstić information content (AvgIpc) is 2.78. The SMILES string of the molecule is CCC1CCCCN1c1nc(C(C)O)cs1. The Balaban J connectivity index is 2.14. The smallest absolute Gasteiger partial charge is 0.185 e. The second kappa shape index (κ2) is 5.15. The van der Waals surface area contributed by atoms with Crippen LogP contribution in [-0.2, 0) is 0 Å². The van der Waals surface area contributed by atoms with Crippen molar-refractivity contribution in [3.05, 3.63) is 11.1 Å². The lowest BCUT2D eigenvalue weighted by Gasteiger charge is -2.35. The number of anilines is 1. The summed E-state index contributed by atoms with van der Waals surface area (Å²) in [6.07, 6.45) is 4.61. The molecule has 1 N–H and O–H groups in total. The van der Waals surface area contributed by atoms with E-state index in [1.54, 1.807) is 18.3 Å². The minimum atomic E-state index is -0.449. The minimum Gasteiger partial charge on any atom is -0.387 e. The van der Waals surface area contributed by atoms with Gasteiger partial charge in [-0.25, -0.2) is 4.98 Å². The first-order valence-corrected chi connectivity index (χ1v) is 7.00. The zero-order valence-electron chi connectivity index (χ0n) is 10.0. The quantitative estimate of drug-likeness (QED) is 0.882. The molecule has 0 spiro atoms. The lowest BCUT2D eigenvalue weighted by Crippen LogP contribution is -2.39. The highest BCUT2D eigenvalue weighted by atomic mass is 32.1. The van der Waals surface area contributed by atoms with Crippen LogP contribution >= 0.6 is 11.3 Å². The van der Waals surface area contributed by atoms with Gasteiger partial charge in [0.05, 0.1) is 11.8 Å². The molecule has 0 amide bonds. The normalized spacial score (nSPS) is 23.4. The van der Waals surface area contributed by atoms with Gasteiger partial charge >= 0.3 is 0 Å². The predicted octanol–water partition coefficient (Wildman–Crippen LogP) is 2.97. The third kappa shape index (κ3) is 2.38. The number of hydrogen-bond acceptors (Lipinski definition) is 4. The lowest BCUT2D eigenvalue weighted by molar-refractivity contribution is 0.195. The van der Waals surface area contributed by atoms with Crippen LogP contribution in [0, 0.1) is 0 Å². The van der Waals surface area contributed by atoms with E-state index in [1.807, 2.05) is 5.38 Å². The number of aromatic nitrogens is 1. The average molecular weight is 240 g/mol. The number of nitrogens with zero attached hydrogens (tertiary/aromatic N) is 2. The Morgan fingerprint density at radius 1 is 1.62 bits per heavy atom. The van der Waals surface area contributed by atoms with E-state index >= 15 is 0 Å². The summed E-state index contributed by atoms with van der Waals surface area (Å²) in [5.41, 5.74) is 0.806. The van der Waals surface area contributed by atoms with Crippen LogP contribution in [0.5, 0.6) is 0 Å². The molecule has 16 heavy (non-hydrogen) atoms. The second-order valence-corrected chi connectivity index (χ2v) is 5.32. The molecule has 90 valence electrons. The van der Waals surface area contributed by atoms with E-state index in [9.17, 15) is 5.11 Å². The number of aliphatic hydroxyl groups is 1. The fourth-order valence-corrected chi connectivity index (χ4v) is 3.29. The molecule has 3 nitrogen and oxygen atoms in total. The summed E-state index contributed by atoms with van der Waals surface area (Å²) in [5, 5.41) is 12.5. The highest BCUT2D eigenvalue weighted by Gasteiger charge is 2.23. The number of thiazole rings is 1. The van der Waals surface area contributed by atoms with Crippen molar-refractivity contribution < 1.29 is 5.11 Å². The highest BCUT2D eigenvalue weighted by molar-refractivity contribution is 7.13. The fraction of sp³-hybridized carbons (Fsp3) is 0.750. The van der Waals surface area contributed by atoms with E-state index in [1.165, 1.54) is 25.7 Å². The third-order valence-electron chi connectivity index (χ3n) is 3.28. The van der Waals surface area contributed by atoms with Gasteiger partial charge in [0.15, 0.2) is 5.13 Å². The molecule has 2 heterocycles. The molecule has 2 unspecified atom stereocenters. The fourth-order valence-electron chi connectivity index (χ4n) is 2.28. The molecule has 1 saturated heterocycles. The summed E-state index contributed by atoms with van der Waals surface area (Å²) in [6.45, 7) is 5.13. The van der Waals surface area contributed by atoms with Crippen molar-refractivity contribution in [3.63, 3.8) is 0 Å². The van der Waals surface area contributed by atoms with Gasteiger partial charge in [0, 0.05) is 18.0 Å². The van der Waals surface area contributed by atoms with Crippen LogP contribution in [-0.4, -0.2) is 22.7 Å². The maximum Gasteiger partial charge on any atom is 0.185 e. The Hall–Kier alpha value is -0.610. The van der Waals surface area contributed by atoms with Crippen molar-refractivity contribution in [3.8, 4) is 0 Å². The van der Waals surface area contributed by atoms with Crippen LogP contribution in [0.2, 0.25) is 0 Å². The largest absolute Gasteiger partial charge is 0.387 e. The van der Waals surface area contributed by atoms with Gasteiger partial charge in [-0.2, -0.15) is 0 Å². The van der Waals surface area contributed by atoms with Crippen LogP contribution in [0.4, 0.5) is 5.13 Å². The van der Waals surface area contributed by atoms with Gasteiger partial charge in [0.1, 0.15) is 0 Å². The van der Waals surface area contributed by atoms with E-state index in [4.69, 9.17) is 0 Å². The number of aliphatic hydroxyl groups excluding tert-OH is 1. The van der Waals surface area contributed by atoms with Crippen molar-refractivity contribution in [2.75, 3.05) is 11.4 Å². The molecule has 2 rings (SSSR count). The molecule has 0 aromatic carbocycles. The van der Waals surface area contributed by atoms with E-state index < -0.39 is 6.10 Å². The Labute approximate surface area is 101 Å². The van der Waals surface area contributed by atoms with Gasteiger partial charge in [-0.1, -0.05) is 6.92 Å². The van der Waals surface area contributed by atoms with Crippen molar-refractivity contribution >= 4 is 16.5 Å².